The average molecular weight is 251 g/mol. The van der Waals surface area contributed by atoms with Crippen LogP contribution >= 0.6 is 0 Å². The van der Waals surface area contributed by atoms with Crippen molar-refractivity contribution in [1.82, 2.24) is 5.16 Å². The number of aromatic nitrogens is 1. The van der Waals surface area contributed by atoms with Gasteiger partial charge in [0.1, 0.15) is 11.7 Å². The Kier molecular flexibility index (Phi) is 3.22. The second-order valence-corrected chi connectivity index (χ2v) is 3.61. The first-order valence-corrected chi connectivity index (χ1v) is 5.10. The van der Waals surface area contributed by atoms with Gasteiger partial charge in [0.15, 0.2) is 5.58 Å². The Labute approximate surface area is 101 Å². The van der Waals surface area contributed by atoms with Crippen molar-refractivity contribution in [3.05, 3.63) is 29.7 Å². The molecule has 1 heterocycles. The van der Waals surface area contributed by atoms with Gasteiger partial charge in [-0.2, -0.15) is 0 Å². The molecule has 0 aliphatic carbocycles. The lowest BCUT2D eigenvalue weighted by molar-refractivity contribution is -0.140. The summed E-state index contributed by atoms with van der Waals surface area (Å²) in [6.45, 7) is 1.21. The van der Waals surface area contributed by atoms with E-state index < -0.39 is 11.8 Å². The van der Waals surface area contributed by atoms with Crippen LogP contribution in [0.25, 0.3) is 11.0 Å². The van der Waals surface area contributed by atoms with Gasteiger partial charge in [-0.1, -0.05) is 10.3 Å². The highest BCUT2D eigenvalue weighted by atomic mass is 19.1. The van der Waals surface area contributed by atoms with Gasteiger partial charge in [0.25, 0.3) is 0 Å². The van der Waals surface area contributed by atoms with E-state index in [4.69, 9.17) is 10.3 Å². The van der Waals surface area contributed by atoms with Crippen LogP contribution in [0.1, 0.15) is 12.6 Å². The summed E-state index contributed by atoms with van der Waals surface area (Å²) >= 11 is 0. The third kappa shape index (κ3) is 2.62. The molecule has 6 nitrogen and oxygen atoms in total. The number of rotatable bonds is 3. The highest BCUT2D eigenvalue weighted by Gasteiger charge is 2.11. The summed E-state index contributed by atoms with van der Waals surface area (Å²) in [6, 6.07) is 4.04. The van der Waals surface area contributed by atoms with Gasteiger partial charge in [0.2, 0.25) is 0 Å². The zero-order chi connectivity index (χ0) is 13.1. The third-order valence-corrected chi connectivity index (χ3v) is 2.15. The molecule has 0 unspecified atom stereocenters. The minimum absolute atomic E-state index is 0.0460. The molecule has 2 aromatic rings. The van der Waals surface area contributed by atoms with Gasteiger partial charge in [-0.3, -0.25) is 0 Å². The summed E-state index contributed by atoms with van der Waals surface area (Å²) < 4.78 is 18.1. The molecule has 1 aromatic heterocycles. The van der Waals surface area contributed by atoms with E-state index in [0.29, 0.717) is 16.7 Å². The smallest absolute Gasteiger partial charge is 0.332 e. The molecule has 0 saturated carbocycles. The Morgan fingerprint density at radius 3 is 3.11 bits per heavy atom. The zero-order valence-corrected chi connectivity index (χ0v) is 9.51. The molecule has 0 bridgehead atoms. The van der Waals surface area contributed by atoms with Crippen molar-refractivity contribution in [2.24, 2.45) is 10.9 Å². The predicted octanol–water partition coefficient (Wildman–Crippen LogP) is 1.34. The molecule has 18 heavy (non-hydrogen) atoms. The molecule has 1 aromatic carbocycles. The first-order valence-electron chi connectivity index (χ1n) is 5.10. The number of carbonyl (C=O) groups is 1. The van der Waals surface area contributed by atoms with E-state index in [-0.39, 0.29) is 12.3 Å². The minimum Gasteiger partial charge on any atom is -0.384 e. The Morgan fingerprint density at radius 1 is 1.61 bits per heavy atom. The van der Waals surface area contributed by atoms with Crippen LogP contribution in [0.3, 0.4) is 0 Å². The van der Waals surface area contributed by atoms with Gasteiger partial charge < -0.3 is 15.1 Å². The summed E-state index contributed by atoms with van der Waals surface area (Å²) in [5, 5.41) is 7.67. The molecule has 2 rings (SSSR count). The summed E-state index contributed by atoms with van der Waals surface area (Å²) in [4.78, 5) is 14.9. The first-order chi connectivity index (χ1) is 8.56. The second-order valence-electron chi connectivity index (χ2n) is 3.61. The fourth-order valence-electron chi connectivity index (χ4n) is 1.42. The first kappa shape index (κ1) is 12.0. The van der Waals surface area contributed by atoms with Gasteiger partial charge in [-0.25, -0.2) is 9.18 Å². The van der Waals surface area contributed by atoms with Crippen LogP contribution in [0.2, 0.25) is 0 Å². The van der Waals surface area contributed by atoms with Crippen molar-refractivity contribution in [3.63, 3.8) is 0 Å². The maximum absolute atomic E-state index is 13.1. The van der Waals surface area contributed by atoms with E-state index in [2.05, 4.69) is 15.1 Å². The molecule has 0 saturated heterocycles. The number of hydrogen-bond donors (Lipinski definition) is 1. The molecular weight excluding hydrogens is 241 g/mol. The molecule has 0 radical (unpaired) electrons. The number of halogens is 1. The van der Waals surface area contributed by atoms with Crippen molar-refractivity contribution in [3.8, 4) is 0 Å². The van der Waals surface area contributed by atoms with E-state index >= 15 is 0 Å². The number of nitrogens with two attached hydrogens (primary N) is 1. The van der Waals surface area contributed by atoms with Crippen molar-refractivity contribution in [1.29, 1.82) is 0 Å². The average Bonchev–Trinajstić information content (AvgIpc) is 2.69. The van der Waals surface area contributed by atoms with Crippen molar-refractivity contribution < 1.29 is 18.5 Å². The van der Waals surface area contributed by atoms with E-state index in [9.17, 15) is 9.18 Å². The maximum Gasteiger partial charge on any atom is 0.332 e. The summed E-state index contributed by atoms with van der Waals surface area (Å²) in [5.41, 5.74) is 6.42. The van der Waals surface area contributed by atoms with Crippen LogP contribution in [0.5, 0.6) is 0 Å². The van der Waals surface area contributed by atoms with Crippen LogP contribution in [0.4, 0.5) is 4.39 Å². The molecule has 0 amide bonds. The molecule has 0 atom stereocenters. The maximum atomic E-state index is 13.1. The van der Waals surface area contributed by atoms with Gasteiger partial charge >= 0.3 is 5.97 Å². The molecule has 0 fully saturated rings. The highest BCUT2D eigenvalue weighted by Crippen LogP contribution is 2.19. The fraction of sp³-hybridized carbons (Fsp3) is 0.182. The quantitative estimate of drug-likeness (QED) is 0.385. The zero-order valence-electron chi connectivity index (χ0n) is 9.51. The summed E-state index contributed by atoms with van der Waals surface area (Å²) in [5.74, 6) is -0.930. The van der Waals surface area contributed by atoms with E-state index in [0.717, 1.165) is 0 Å². The Hall–Kier alpha value is -2.44. The topological polar surface area (TPSA) is 90.7 Å². The Bertz CT molecular complexity index is 621. The molecule has 0 aliphatic heterocycles. The lowest BCUT2D eigenvalue weighted by Gasteiger charge is -1.97. The normalized spacial score (nSPS) is 11.8. The SMILES string of the molecule is CC(=O)O/N=C(\N)Cc1noc2ccc(F)cc12. The molecular formula is C11H10FN3O3. The Morgan fingerprint density at radius 2 is 2.39 bits per heavy atom. The second kappa shape index (κ2) is 4.82. The fourth-order valence-corrected chi connectivity index (χ4v) is 1.42. The van der Waals surface area contributed by atoms with Gasteiger partial charge in [-0.15, -0.1) is 0 Å². The van der Waals surface area contributed by atoms with Crippen molar-refractivity contribution in [2.45, 2.75) is 13.3 Å². The number of oxime groups is 1. The van der Waals surface area contributed by atoms with Crippen molar-refractivity contribution in [2.75, 3.05) is 0 Å². The standard InChI is InChI=1S/C11H10FN3O3/c1-6(16)17-15-11(13)5-9-8-4-7(12)2-3-10(8)18-14-9/h2-4H,5H2,1H3,(H2,13,15). The monoisotopic (exact) mass is 251 g/mol. The third-order valence-electron chi connectivity index (χ3n) is 2.15. The van der Waals surface area contributed by atoms with Gasteiger partial charge in [0, 0.05) is 12.3 Å². The van der Waals surface area contributed by atoms with E-state index in [1.807, 2.05) is 0 Å². The van der Waals surface area contributed by atoms with Crippen LogP contribution in [0, 0.1) is 5.82 Å². The van der Waals surface area contributed by atoms with Crippen LogP contribution < -0.4 is 5.73 Å². The summed E-state index contributed by atoms with van der Waals surface area (Å²) in [7, 11) is 0. The molecule has 0 aliphatic rings. The van der Waals surface area contributed by atoms with Crippen molar-refractivity contribution >= 4 is 22.8 Å². The van der Waals surface area contributed by atoms with E-state index in [1.54, 1.807) is 0 Å². The van der Waals surface area contributed by atoms with Crippen LogP contribution in [-0.4, -0.2) is 17.0 Å². The molecule has 7 heteroatoms. The van der Waals surface area contributed by atoms with Gasteiger partial charge in [0.05, 0.1) is 12.1 Å². The van der Waals surface area contributed by atoms with E-state index in [1.165, 1.54) is 25.1 Å². The number of fused-ring (bicyclic) bond motifs is 1. The van der Waals surface area contributed by atoms with Crippen LogP contribution in [0.15, 0.2) is 27.9 Å². The lowest BCUT2D eigenvalue weighted by atomic mass is 10.1. The number of nitrogens with zero attached hydrogens (tertiary/aromatic N) is 2. The molecule has 0 spiro atoms. The number of benzene rings is 1. The van der Waals surface area contributed by atoms with Gasteiger partial charge in [-0.05, 0) is 18.2 Å². The van der Waals surface area contributed by atoms with Crippen LogP contribution in [-0.2, 0) is 16.1 Å². The molecule has 2 N–H and O–H groups in total. The number of amidine groups is 1. The lowest BCUT2D eigenvalue weighted by Crippen LogP contribution is -2.16. The number of hydrogen-bond acceptors (Lipinski definition) is 5. The predicted molar refractivity (Wildman–Crippen MR) is 61.1 cm³/mol. The highest BCUT2D eigenvalue weighted by molar-refractivity contribution is 5.88. The Balaban J connectivity index is 2.24. The largest absolute Gasteiger partial charge is 0.384 e. The number of carbonyl (C=O) groups excluding carboxylic acids is 1. The summed E-state index contributed by atoms with van der Waals surface area (Å²) in [6.07, 6.45) is 0.101. The minimum atomic E-state index is -0.575. The molecule has 94 valence electrons.